The molecule has 1 atom stereocenters. The minimum atomic E-state index is -1.13. The molecule has 7 nitrogen and oxygen atoms in total. The lowest BCUT2D eigenvalue weighted by Gasteiger charge is -2.36. The highest BCUT2D eigenvalue weighted by Gasteiger charge is 2.27. The predicted molar refractivity (Wildman–Crippen MR) is 110 cm³/mol. The van der Waals surface area contributed by atoms with Crippen LogP contribution in [0.5, 0.6) is 0 Å². The van der Waals surface area contributed by atoms with E-state index in [1.54, 1.807) is 18.3 Å². The Bertz CT molecular complexity index is 958. The fourth-order valence-corrected chi connectivity index (χ4v) is 3.89. The summed E-state index contributed by atoms with van der Waals surface area (Å²) in [5, 5.41) is 2.91. The number of nitrogens with zero attached hydrogens (tertiary/aromatic N) is 3. The molecule has 4 rings (SSSR count). The van der Waals surface area contributed by atoms with E-state index in [1.807, 2.05) is 4.90 Å². The van der Waals surface area contributed by atoms with Gasteiger partial charge in [-0.25, -0.2) is 13.8 Å². The predicted octanol–water partition coefficient (Wildman–Crippen LogP) is 2.23. The Morgan fingerprint density at radius 1 is 1.10 bits per heavy atom. The number of amides is 2. The fourth-order valence-electron chi connectivity index (χ4n) is 3.89. The molecule has 2 aromatic rings. The van der Waals surface area contributed by atoms with Crippen molar-refractivity contribution in [3.05, 3.63) is 59.3 Å². The van der Waals surface area contributed by atoms with Crippen molar-refractivity contribution in [2.24, 2.45) is 0 Å². The summed E-state index contributed by atoms with van der Waals surface area (Å²) in [5.74, 6) is -2.41. The number of anilines is 1. The van der Waals surface area contributed by atoms with E-state index in [4.69, 9.17) is 4.74 Å². The molecular formula is C22H24F2N4O3. The van der Waals surface area contributed by atoms with E-state index >= 15 is 0 Å². The highest BCUT2D eigenvalue weighted by molar-refractivity contribution is 5.99. The number of pyridine rings is 1. The van der Waals surface area contributed by atoms with E-state index in [-0.39, 0.29) is 17.6 Å². The van der Waals surface area contributed by atoms with Crippen LogP contribution in [0.4, 0.5) is 14.6 Å². The van der Waals surface area contributed by atoms with Gasteiger partial charge in [-0.15, -0.1) is 0 Å². The summed E-state index contributed by atoms with van der Waals surface area (Å²) in [5.41, 5.74) is 0.178. The number of nitrogens with one attached hydrogen (secondary N) is 1. The van der Waals surface area contributed by atoms with Crippen molar-refractivity contribution >= 4 is 17.6 Å². The van der Waals surface area contributed by atoms with Gasteiger partial charge in [-0.3, -0.25) is 9.59 Å². The van der Waals surface area contributed by atoms with Gasteiger partial charge >= 0.3 is 0 Å². The van der Waals surface area contributed by atoms with Crippen LogP contribution in [-0.2, 0) is 4.74 Å². The minimum absolute atomic E-state index is 0.0434. The molecule has 1 aromatic carbocycles. The third-order valence-corrected chi connectivity index (χ3v) is 5.59. The maximum atomic E-state index is 14.0. The van der Waals surface area contributed by atoms with Crippen LogP contribution >= 0.6 is 0 Å². The van der Waals surface area contributed by atoms with E-state index in [2.05, 4.69) is 10.3 Å². The number of carbonyl (C=O) groups excluding carboxylic acids is 2. The van der Waals surface area contributed by atoms with Crippen molar-refractivity contribution < 1.29 is 23.1 Å². The number of piperazine rings is 1. The van der Waals surface area contributed by atoms with Gasteiger partial charge in [-0.1, -0.05) is 6.07 Å². The molecule has 0 saturated carbocycles. The summed E-state index contributed by atoms with van der Waals surface area (Å²) in [6.45, 7) is 2.64. The molecule has 3 heterocycles. The first-order valence-corrected chi connectivity index (χ1v) is 10.4. The molecule has 2 aliphatic rings. The van der Waals surface area contributed by atoms with E-state index < -0.39 is 17.5 Å². The second-order valence-corrected chi connectivity index (χ2v) is 7.60. The van der Waals surface area contributed by atoms with Crippen LogP contribution in [0.15, 0.2) is 36.5 Å². The highest BCUT2D eigenvalue weighted by atomic mass is 19.2. The highest BCUT2D eigenvalue weighted by Crippen LogP contribution is 2.21. The van der Waals surface area contributed by atoms with E-state index in [0.717, 1.165) is 25.5 Å². The Balaban J connectivity index is 1.40. The molecule has 1 unspecified atom stereocenters. The Hall–Kier alpha value is -3.07. The van der Waals surface area contributed by atoms with Gasteiger partial charge in [0.05, 0.1) is 17.2 Å². The lowest BCUT2D eigenvalue weighted by molar-refractivity contribution is 0.0739. The average molecular weight is 430 g/mol. The topological polar surface area (TPSA) is 74.8 Å². The smallest absolute Gasteiger partial charge is 0.257 e. The van der Waals surface area contributed by atoms with Crippen molar-refractivity contribution in [3.63, 3.8) is 0 Å². The van der Waals surface area contributed by atoms with Crippen molar-refractivity contribution in [3.8, 4) is 0 Å². The number of halogens is 2. The van der Waals surface area contributed by atoms with E-state index in [1.165, 1.54) is 17.0 Å². The number of aromatic nitrogens is 1. The van der Waals surface area contributed by atoms with Gasteiger partial charge in [-0.2, -0.15) is 0 Å². The van der Waals surface area contributed by atoms with Crippen molar-refractivity contribution in [1.29, 1.82) is 0 Å². The maximum absolute atomic E-state index is 14.0. The lowest BCUT2D eigenvalue weighted by Crippen LogP contribution is -2.49. The SMILES string of the molecule is O=C(NCC1CCCO1)c1cccnc1N1CCN(C(=O)c2cccc(F)c2F)CC1. The summed E-state index contributed by atoms with van der Waals surface area (Å²) in [7, 11) is 0. The maximum Gasteiger partial charge on any atom is 0.257 e. The summed E-state index contributed by atoms with van der Waals surface area (Å²) in [6.07, 6.45) is 3.59. The molecule has 2 fully saturated rings. The number of hydrogen-bond acceptors (Lipinski definition) is 5. The van der Waals surface area contributed by atoms with E-state index in [9.17, 15) is 18.4 Å². The molecule has 1 aromatic heterocycles. The first kappa shape index (κ1) is 21.2. The fraction of sp³-hybridized carbons (Fsp3) is 0.409. The lowest BCUT2D eigenvalue weighted by atomic mass is 10.1. The van der Waals surface area contributed by atoms with Crippen LogP contribution in [0.2, 0.25) is 0 Å². The van der Waals surface area contributed by atoms with Gasteiger partial charge in [-0.05, 0) is 37.1 Å². The van der Waals surface area contributed by atoms with Gasteiger partial charge in [0.2, 0.25) is 0 Å². The van der Waals surface area contributed by atoms with Gasteiger partial charge < -0.3 is 19.9 Å². The summed E-state index contributed by atoms with van der Waals surface area (Å²) in [6, 6.07) is 7.00. The number of rotatable bonds is 5. The second-order valence-electron chi connectivity index (χ2n) is 7.60. The summed E-state index contributed by atoms with van der Waals surface area (Å²) >= 11 is 0. The van der Waals surface area contributed by atoms with Gasteiger partial charge in [0.15, 0.2) is 11.6 Å². The molecule has 0 spiro atoms. The van der Waals surface area contributed by atoms with Crippen LogP contribution < -0.4 is 10.2 Å². The van der Waals surface area contributed by atoms with Crippen molar-refractivity contribution in [2.75, 3.05) is 44.2 Å². The molecule has 1 N–H and O–H groups in total. The van der Waals surface area contributed by atoms with Crippen molar-refractivity contribution in [2.45, 2.75) is 18.9 Å². The molecule has 2 amide bonds. The van der Waals surface area contributed by atoms with Crippen molar-refractivity contribution in [1.82, 2.24) is 15.2 Å². The number of ether oxygens (including phenoxy) is 1. The zero-order valence-electron chi connectivity index (χ0n) is 17.0. The first-order chi connectivity index (χ1) is 15.0. The zero-order chi connectivity index (χ0) is 21.8. The Morgan fingerprint density at radius 3 is 2.61 bits per heavy atom. The molecule has 0 bridgehead atoms. The Labute approximate surface area is 179 Å². The van der Waals surface area contributed by atoms with Crippen LogP contribution in [0.3, 0.4) is 0 Å². The Kier molecular flexibility index (Phi) is 6.41. The third kappa shape index (κ3) is 4.66. The molecule has 31 heavy (non-hydrogen) atoms. The zero-order valence-corrected chi connectivity index (χ0v) is 17.0. The average Bonchev–Trinajstić information content (AvgIpc) is 3.33. The van der Waals surface area contributed by atoms with Gasteiger partial charge in [0.25, 0.3) is 11.8 Å². The monoisotopic (exact) mass is 430 g/mol. The Morgan fingerprint density at radius 2 is 1.87 bits per heavy atom. The van der Waals surface area contributed by atoms with Crippen LogP contribution in [-0.4, -0.2) is 67.1 Å². The molecule has 9 heteroatoms. The first-order valence-electron chi connectivity index (χ1n) is 10.4. The molecule has 164 valence electrons. The molecule has 0 radical (unpaired) electrons. The second kappa shape index (κ2) is 9.38. The molecule has 2 saturated heterocycles. The molecule has 0 aliphatic carbocycles. The van der Waals surface area contributed by atoms with Gasteiger partial charge in [0, 0.05) is 45.5 Å². The standard InChI is InChI=1S/C22H24F2N4O3/c23-18-7-1-5-16(19(18)24)22(30)28-11-9-27(10-12-28)20-17(6-2-8-25-20)21(29)26-14-15-4-3-13-31-15/h1-2,5-8,15H,3-4,9-14H2,(H,26,29). The van der Waals surface area contributed by atoms with Crippen LogP contribution in [0.25, 0.3) is 0 Å². The van der Waals surface area contributed by atoms with Gasteiger partial charge in [0.1, 0.15) is 5.82 Å². The molecule has 2 aliphatic heterocycles. The normalized spacial score (nSPS) is 18.8. The van der Waals surface area contributed by atoms with Crippen LogP contribution in [0, 0.1) is 11.6 Å². The summed E-state index contributed by atoms with van der Waals surface area (Å²) < 4.78 is 33.0. The number of benzene rings is 1. The third-order valence-electron chi connectivity index (χ3n) is 5.59. The van der Waals surface area contributed by atoms with Crippen LogP contribution in [0.1, 0.15) is 33.6 Å². The minimum Gasteiger partial charge on any atom is -0.376 e. The largest absolute Gasteiger partial charge is 0.376 e. The number of carbonyl (C=O) groups is 2. The number of hydrogen-bond donors (Lipinski definition) is 1. The molecular weight excluding hydrogens is 406 g/mol. The quantitative estimate of drug-likeness (QED) is 0.788. The summed E-state index contributed by atoms with van der Waals surface area (Å²) in [4.78, 5) is 33.1. The van der Waals surface area contributed by atoms with E-state index in [0.29, 0.717) is 44.1 Å².